The Balaban J connectivity index is 3.01. The highest BCUT2D eigenvalue weighted by atomic mass is 16.4. The molecule has 0 spiro atoms. The predicted octanol–water partition coefficient (Wildman–Crippen LogP) is 1.71. The molecule has 0 radical (unpaired) electrons. The van der Waals surface area contributed by atoms with Crippen molar-refractivity contribution in [1.82, 2.24) is 0 Å². The third-order valence-electron chi connectivity index (χ3n) is 3.85. The average Bonchev–Trinajstić information content (AvgIpc) is 2.24. The highest BCUT2D eigenvalue weighted by molar-refractivity contribution is 5.74. The van der Waals surface area contributed by atoms with Gasteiger partial charge in [-0.15, -0.1) is 0 Å². The minimum atomic E-state index is -0.782. The molecule has 0 aromatic rings. The van der Waals surface area contributed by atoms with Crippen LogP contribution in [0.25, 0.3) is 0 Å². The predicted molar refractivity (Wildman–Crippen MR) is 48.3 cm³/mol. The summed E-state index contributed by atoms with van der Waals surface area (Å²) in [6, 6.07) is 0. The van der Waals surface area contributed by atoms with E-state index in [-0.39, 0.29) is 5.92 Å². The molecule has 0 aromatic heterocycles. The van der Waals surface area contributed by atoms with E-state index < -0.39 is 16.8 Å². The number of carboxylic acids is 1. The second-order valence-corrected chi connectivity index (χ2v) is 4.69. The summed E-state index contributed by atoms with van der Waals surface area (Å²) in [5.74, 6) is -1.17. The van der Waals surface area contributed by atoms with Crippen LogP contribution in [0.3, 0.4) is 0 Å². The van der Waals surface area contributed by atoms with E-state index in [0.717, 1.165) is 6.29 Å². The molecule has 0 saturated heterocycles. The first kappa shape index (κ1) is 10.2. The van der Waals surface area contributed by atoms with Crippen molar-refractivity contribution in [3.63, 3.8) is 0 Å². The van der Waals surface area contributed by atoms with Gasteiger partial charge in [0.15, 0.2) is 0 Å². The molecule has 0 bridgehead atoms. The Labute approximate surface area is 78.1 Å². The zero-order valence-electron chi connectivity index (χ0n) is 8.33. The molecule has 0 unspecified atom stereocenters. The lowest BCUT2D eigenvalue weighted by molar-refractivity contribution is -0.146. The summed E-state index contributed by atoms with van der Waals surface area (Å²) >= 11 is 0. The fraction of sp³-hybridized carbons (Fsp3) is 0.800. The van der Waals surface area contributed by atoms with Crippen LogP contribution in [0.1, 0.15) is 33.6 Å². The quantitative estimate of drug-likeness (QED) is 0.665. The molecular formula is C10H16O3. The molecule has 1 saturated carbocycles. The molecule has 0 heterocycles. The second-order valence-electron chi connectivity index (χ2n) is 4.69. The first-order chi connectivity index (χ1) is 5.85. The lowest BCUT2D eigenvalue weighted by Gasteiger charge is -2.35. The fourth-order valence-electron chi connectivity index (χ4n) is 2.17. The van der Waals surface area contributed by atoms with Crippen LogP contribution in [-0.4, -0.2) is 17.4 Å². The Morgan fingerprint density at radius 2 is 2.00 bits per heavy atom. The van der Waals surface area contributed by atoms with Crippen LogP contribution < -0.4 is 0 Å². The smallest absolute Gasteiger partial charge is 0.307 e. The van der Waals surface area contributed by atoms with Gasteiger partial charge in [-0.3, -0.25) is 4.79 Å². The summed E-state index contributed by atoms with van der Waals surface area (Å²) in [6.45, 7) is 5.59. The lowest BCUT2D eigenvalue weighted by atomic mass is 9.66. The Morgan fingerprint density at radius 1 is 1.46 bits per heavy atom. The minimum Gasteiger partial charge on any atom is -0.481 e. The van der Waals surface area contributed by atoms with Crippen molar-refractivity contribution in [2.24, 2.45) is 16.7 Å². The van der Waals surface area contributed by atoms with Crippen molar-refractivity contribution in [1.29, 1.82) is 0 Å². The van der Waals surface area contributed by atoms with Gasteiger partial charge in [0, 0.05) is 5.41 Å². The largest absolute Gasteiger partial charge is 0.481 e. The summed E-state index contributed by atoms with van der Waals surface area (Å²) in [5, 5.41) is 8.96. The summed E-state index contributed by atoms with van der Waals surface area (Å²) in [5.41, 5.74) is -0.906. The molecule has 0 amide bonds. The fourth-order valence-corrected chi connectivity index (χ4v) is 2.17. The molecule has 3 nitrogen and oxygen atoms in total. The first-order valence-corrected chi connectivity index (χ1v) is 4.54. The zero-order valence-corrected chi connectivity index (χ0v) is 8.33. The van der Waals surface area contributed by atoms with Gasteiger partial charge < -0.3 is 9.90 Å². The molecule has 74 valence electrons. The topological polar surface area (TPSA) is 54.4 Å². The van der Waals surface area contributed by atoms with Crippen molar-refractivity contribution in [3.8, 4) is 0 Å². The van der Waals surface area contributed by atoms with Crippen molar-refractivity contribution >= 4 is 12.3 Å². The van der Waals surface area contributed by atoms with E-state index in [0.29, 0.717) is 12.8 Å². The SMILES string of the molecule is CC1(C)[C@H](C(=O)O)CC[C@]1(C)C=O. The third-order valence-corrected chi connectivity index (χ3v) is 3.85. The summed E-state index contributed by atoms with van der Waals surface area (Å²) in [4.78, 5) is 21.8. The maximum absolute atomic E-state index is 10.9. The number of hydrogen-bond donors (Lipinski definition) is 1. The molecule has 1 N–H and O–H groups in total. The van der Waals surface area contributed by atoms with Crippen LogP contribution in [-0.2, 0) is 9.59 Å². The monoisotopic (exact) mass is 184 g/mol. The Kier molecular flexibility index (Phi) is 2.22. The van der Waals surface area contributed by atoms with E-state index >= 15 is 0 Å². The van der Waals surface area contributed by atoms with Gasteiger partial charge in [0.25, 0.3) is 0 Å². The first-order valence-electron chi connectivity index (χ1n) is 4.54. The molecule has 0 aliphatic heterocycles. The number of carboxylic acid groups (broad SMARTS) is 1. The highest BCUT2D eigenvalue weighted by Crippen LogP contribution is 2.54. The molecule has 2 atom stereocenters. The summed E-state index contributed by atoms with van der Waals surface area (Å²) in [6.07, 6.45) is 2.20. The van der Waals surface area contributed by atoms with E-state index in [1.165, 1.54) is 0 Å². The van der Waals surface area contributed by atoms with Gasteiger partial charge in [-0.2, -0.15) is 0 Å². The van der Waals surface area contributed by atoms with E-state index in [4.69, 9.17) is 5.11 Å². The van der Waals surface area contributed by atoms with Gasteiger partial charge in [-0.05, 0) is 18.3 Å². The highest BCUT2D eigenvalue weighted by Gasteiger charge is 2.54. The van der Waals surface area contributed by atoms with Crippen LogP contribution >= 0.6 is 0 Å². The van der Waals surface area contributed by atoms with E-state index in [9.17, 15) is 9.59 Å². The summed E-state index contributed by atoms with van der Waals surface area (Å²) < 4.78 is 0. The Morgan fingerprint density at radius 3 is 2.23 bits per heavy atom. The molecule has 1 aliphatic carbocycles. The number of carbonyl (C=O) groups excluding carboxylic acids is 1. The lowest BCUT2D eigenvalue weighted by Crippen LogP contribution is -2.38. The Bertz CT molecular complexity index is 245. The zero-order chi connectivity index (χ0) is 10.3. The van der Waals surface area contributed by atoms with E-state index in [2.05, 4.69) is 0 Å². The van der Waals surface area contributed by atoms with Crippen LogP contribution in [0.2, 0.25) is 0 Å². The molecule has 1 fully saturated rings. The third kappa shape index (κ3) is 1.26. The van der Waals surface area contributed by atoms with Gasteiger partial charge >= 0.3 is 5.97 Å². The van der Waals surface area contributed by atoms with Crippen molar-refractivity contribution in [2.45, 2.75) is 33.6 Å². The maximum Gasteiger partial charge on any atom is 0.307 e. The Hall–Kier alpha value is -0.860. The van der Waals surface area contributed by atoms with Gasteiger partial charge in [0.2, 0.25) is 0 Å². The average molecular weight is 184 g/mol. The number of hydrogen-bond acceptors (Lipinski definition) is 2. The molecule has 3 heteroatoms. The van der Waals surface area contributed by atoms with E-state index in [1.807, 2.05) is 20.8 Å². The minimum absolute atomic E-state index is 0.386. The molecular weight excluding hydrogens is 168 g/mol. The number of aliphatic carboxylic acids is 1. The normalized spacial score (nSPS) is 37.3. The van der Waals surface area contributed by atoms with Crippen LogP contribution in [0.15, 0.2) is 0 Å². The molecule has 13 heavy (non-hydrogen) atoms. The molecule has 0 aromatic carbocycles. The summed E-state index contributed by atoms with van der Waals surface area (Å²) in [7, 11) is 0. The maximum atomic E-state index is 10.9. The van der Waals surface area contributed by atoms with Crippen LogP contribution in [0.5, 0.6) is 0 Å². The second kappa shape index (κ2) is 2.82. The standard InChI is InChI=1S/C10H16O3/c1-9(2)7(8(12)13)4-5-10(9,3)6-11/h6-7H,4-5H2,1-3H3,(H,12,13)/t7-,10+/m0/s1. The van der Waals surface area contributed by atoms with Crippen molar-refractivity contribution in [3.05, 3.63) is 0 Å². The van der Waals surface area contributed by atoms with E-state index in [1.54, 1.807) is 0 Å². The van der Waals surface area contributed by atoms with Crippen LogP contribution in [0.4, 0.5) is 0 Å². The number of carbonyl (C=O) groups is 2. The van der Waals surface area contributed by atoms with Crippen LogP contribution in [0, 0.1) is 16.7 Å². The van der Waals surface area contributed by atoms with Gasteiger partial charge in [-0.25, -0.2) is 0 Å². The van der Waals surface area contributed by atoms with Gasteiger partial charge in [-0.1, -0.05) is 20.8 Å². The molecule has 1 rings (SSSR count). The van der Waals surface area contributed by atoms with Crippen molar-refractivity contribution in [2.75, 3.05) is 0 Å². The van der Waals surface area contributed by atoms with Gasteiger partial charge in [0.05, 0.1) is 5.92 Å². The van der Waals surface area contributed by atoms with Crippen molar-refractivity contribution < 1.29 is 14.7 Å². The molecule has 1 aliphatic rings. The number of aldehydes is 1. The number of rotatable bonds is 2. The van der Waals surface area contributed by atoms with Gasteiger partial charge in [0.1, 0.15) is 6.29 Å².